The molecule has 0 saturated heterocycles. The van der Waals surface area contributed by atoms with E-state index in [1.165, 1.54) is 25.1 Å². The van der Waals surface area contributed by atoms with Gasteiger partial charge in [-0.2, -0.15) is 0 Å². The van der Waals surface area contributed by atoms with Crippen LogP contribution in [0.15, 0.2) is 53.8 Å². The molecule has 2 aromatic carbocycles. The number of carbonyl (C=O) groups is 2. The number of hydrogen-bond donors (Lipinski definition) is 1. The third kappa shape index (κ3) is 4.77. The van der Waals surface area contributed by atoms with Crippen molar-refractivity contribution in [3.8, 4) is 11.4 Å². The summed E-state index contributed by atoms with van der Waals surface area (Å²) < 4.78 is 12.1. The number of anilines is 1. The SMILES string of the molecule is COc1cc(Cl)c(C)cc1NC(=O)COC(=O)c1cnc(SC)n1-c1ccccc1. The van der Waals surface area contributed by atoms with Gasteiger partial charge in [0.15, 0.2) is 17.5 Å². The van der Waals surface area contributed by atoms with Crippen molar-refractivity contribution in [1.29, 1.82) is 0 Å². The van der Waals surface area contributed by atoms with Crippen molar-refractivity contribution >= 4 is 40.9 Å². The molecular formula is C21H20ClN3O4S. The Hall–Kier alpha value is -2.97. The third-order valence-corrected chi connectivity index (χ3v) is 5.29. The summed E-state index contributed by atoms with van der Waals surface area (Å²) in [6.07, 6.45) is 3.30. The van der Waals surface area contributed by atoms with E-state index in [0.29, 0.717) is 21.6 Å². The number of para-hydroxylation sites is 1. The second kappa shape index (κ2) is 9.69. The normalized spacial score (nSPS) is 10.5. The fraction of sp³-hybridized carbons (Fsp3) is 0.190. The number of hydrogen-bond acceptors (Lipinski definition) is 6. The zero-order valence-corrected chi connectivity index (χ0v) is 18.2. The lowest BCUT2D eigenvalue weighted by atomic mass is 10.2. The van der Waals surface area contributed by atoms with Crippen molar-refractivity contribution in [3.63, 3.8) is 0 Å². The Morgan fingerprint density at radius 3 is 2.63 bits per heavy atom. The van der Waals surface area contributed by atoms with E-state index >= 15 is 0 Å². The third-order valence-electron chi connectivity index (χ3n) is 4.22. The van der Waals surface area contributed by atoms with Crippen LogP contribution in [0.3, 0.4) is 0 Å². The van der Waals surface area contributed by atoms with Gasteiger partial charge in [0.1, 0.15) is 5.75 Å². The smallest absolute Gasteiger partial charge is 0.357 e. The highest BCUT2D eigenvalue weighted by Gasteiger charge is 2.20. The first kappa shape index (κ1) is 21.7. The van der Waals surface area contributed by atoms with E-state index < -0.39 is 18.5 Å². The number of imidazole rings is 1. The van der Waals surface area contributed by atoms with Gasteiger partial charge in [-0.05, 0) is 36.9 Å². The predicted molar refractivity (Wildman–Crippen MR) is 117 cm³/mol. The molecule has 0 spiro atoms. The molecule has 0 aliphatic heterocycles. The molecule has 0 unspecified atom stereocenters. The highest BCUT2D eigenvalue weighted by atomic mass is 35.5. The highest BCUT2D eigenvalue weighted by molar-refractivity contribution is 7.98. The average molecular weight is 446 g/mol. The van der Waals surface area contributed by atoms with Gasteiger partial charge >= 0.3 is 5.97 Å². The summed E-state index contributed by atoms with van der Waals surface area (Å²) in [5.74, 6) is -0.739. The Labute approximate surface area is 183 Å². The predicted octanol–water partition coefficient (Wildman–Crippen LogP) is 4.36. The molecule has 0 fully saturated rings. The van der Waals surface area contributed by atoms with Gasteiger partial charge < -0.3 is 14.8 Å². The first-order valence-electron chi connectivity index (χ1n) is 8.93. The molecule has 9 heteroatoms. The van der Waals surface area contributed by atoms with E-state index in [4.69, 9.17) is 21.1 Å². The number of aromatic nitrogens is 2. The van der Waals surface area contributed by atoms with Gasteiger partial charge in [0.2, 0.25) is 0 Å². The van der Waals surface area contributed by atoms with Crippen LogP contribution in [0.5, 0.6) is 5.75 Å². The van der Waals surface area contributed by atoms with Crippen molar-refractivity contribution in [2.24, 2.45) is 0 Å². The fourth-order valence-electron chi connectivity index (χ4n) is 2.77. The van der Waals surface area contributed by atoms with Crippen molar-refractivity contribution in [2.75, 3.05) is 25.3 Å². The molecule has 0 saturated carbocycles. The Morgan fingerprint density at radius 2 is 1.97 bits per heavy atom. The van der Waals surface area contributed by atoms with Crippen molar-refractivity contribution < 1.29 is 19.1 Å². The molecule has 1 amide bonds. The van der Waals surface area contributed by atoms with Crippen LogP contribution in [0.4, 0.5) is 5.69 Å². The Bertz CT molecular complexity index is 1070. The van der Waals surface area contributed by atoms with Crippen LogP contribution in [0.25, 0.3) is 5.69 Å². The minimum absolute atomic E-state index is 0.235. The van der Waals surface area contributed by atoms with Crippen LogP contribution in [-0.4, -0.2) is 41.4 Å². The van der Waals surface area contributed by atoms with Crippen molar-refractivity contribution in [2.45, 2.75) is 12.1 Å². The number of aryl methyl sites for hydroxylation is 1. The van der Waals surface area contributed by atoms with Crippen LogP contribution in [-0.2, 0) is 9.53 Å². The molecule has 0 radical (unpaired) electrons. The quantitative estimate of drug-likeness (QED) is 0.429. The lowest BCUT2D eigenvalue weighted by Crippen LogP contribution is -2.22. The summed E-state index contributed by atoms with van der Waals surface area (Å²) in [6.45, 7) is 1.35. The van der Waals surface area contributed by atoms with E-state index in [0.717, 1.165) is 11.3 Å². The molecular weight excluding hydrogens is 426 g/mol. The molecule has 0 aliphatic rings. The average Bonchev–Trinajstić information content (AvgIpc) is 3.19. The standard InChI is InChI=1S/C21H20ClN3O4S/c1-13-9-16(18(28-2)10-15(13)22)24-19(26)12-29-20(27)17-11-23-21(30-3)25(17)14-7-5-4-6-8-14/h4-11H,12H2,1-3H3,(H,24,26). The number of nitrogens with one attached hydrogen (secondary N) is 1. The summed E-state index contributed by atoms with van der Waals surface area (Å²) in [7, 11) is 1.48. The van der Waals surface area contributed by atoms with Gasteiger partial charge in [-0.15, -0.1) is 0 Å². The number of methoxy groups -OCH3 is 1. The van der Waals surface area contributed by atoms with E-state index in [1.54, 1.807) is 16.7 Å². The van der Waals surface area contributed by atoms with Gasteiger partial charge in [0.05, 0.1) is 19.0 Å². The van der Waals surface area contributed by atoms with E-state index in [9.17, 15) is 9.59 Å². The number of rotatable bonds is 7. The minimum Gasteiger partial charge on any atom is -0.495 e. The van der Waals surface area contributed by atoms with Crippen LogP contribution in [0, 0.1) is 6.92 Å². The van der Waals surface area contributed by atoms with Crippen molar-refractivity contribution in [3.05, 3.63) is 64.9 Å². The molecule has 156 valence electrons. The zero-order chi connectivity index (χ0) is 21.7. The minimum atomic E-state index is -0.652. The first-order valence-corrected chi connectivity index (χ1v) is 10.5. The monoisotopic (exact) mass is 445 g/mol. The molecule has 3 rings (SSSR count). The second-order valence-electron chi connectivity index (χ2n) is 6.23. The summed E-state index contributed by atoms with van der Waals surface area (Å²) >= 11 is 7.48. The maximum atomic E-state index is 12.6. The largest absolute Gasteiger partial charge is 0.495 e. The van der Waals surface area contributed by atoms with Gasteiger partial charge in [-0.3, -0.25) is 9.36 Å². The number of esters is 1. The van der Waals surface area contributed by atoms with Crippen LogP contribution < -0.4 is 10.1 Å². The Balaban J connectivity index is 1.72. The molecule has 1 aromatic heterocycles. The number of benzene rings is 2. The molecule has 1 heterocycles. The number of carbonyl (C=O) groups excluding carboxylic acids is 2. The molecule has 3 aromatic rings. The maximum absolute atomic E-state index is 12.6. The van der Waals surface area contributed by atoms with Crippen LogP contribution in [0.1, 0.15) is 16.1 Å². The molecule has 1 N–H and O–H groups in total. The number of halogens is 1. The number of thioether (sulfide) groups is 1. The molecule has 30 heavy (non-hydrogen) atoms. The van der Waals surface area contributed by atoms with Crippen LogP contribution in [0.2, 0.25) is 5.02 Å². The molecule has 0 bridgehead atoms. The summed E-state index contributed by atoms with van der Waals surface area (Å²) in [5.41, 5.74) is 2.23. The first-order chi connectivity index (χ1) is 14.4. The van der Waals surface area contributed by atoms with E-state index in [2.05, 4.69) is 10.3 Å². The number of amides is 1. The van der Waals surface area contributed by atoms with E-state index in [-0.39, 0.29) is 5.69 Å². The van der Waals surface area contributed by atoms with E-state index in [1.807, 2.05) is 43.5 Å². The second-order valence-corrected chi connectivity index (χ2v) is 7.41. The van der Waals surface area contributed by atoms with Gasteiger partial charge in [0.25, 0.3) is 5.91 Å². The van der Waals surface area contributed by atoms with Gasteiger partial charge in [-0.1, -0.05) is 41.6 Å². The van der Waals surface area contributed by atoms with Gasteiger partial charge in [0, 0.05) is 16.8 Å². The Kier molecular flexibility index (Phi) is 7.02. The zero-order valence-electron chi connectivity index (χ0n) is 16.6. The fourth-order valence-corrected chi connectivity index (χ4v) is 3.47. The molecule has 0 atom stereocenters. The highest BCUT2D eigenvalue weighted by Crippen LogP contribution is 2.31. The number of nitrogens with zero attached hydrogens (tertiary/aromatic N) is 2. The Morgan fingerprint density at radius 1 is 1.23 bits per heavy atom. The lowest BCUT2D eigenvalue weighted by Gasteiger charge is -2.13. The van der Waals surface area contributed by atoms with Crippen molar-refractivity contribution in [1.82, 2.24) is 9.55 Å². The summed E-state index contributed by atoms with van der Waals surface area (Å²) in [6, 6.07) is 12.6. The topological polar surface area (TPSA) is 82.4 Å². The van der Waals surface area contributed by atoms with Crippen LogP contribution >= 0.6 is 23.4 Å². The lowest BCUT2D eigenvalue weighted by molar-refractivity contribution is -0.119. The molecule has 0 aliphatic carbocycles. The maximum Gasteiger partial charge on any atom is 0.357 e. The van der Waals surface area contributed by atoms with Gasteiger partial charge in [-0.25, -0.2) is 9.78 Å². The summed E-state index contributed by atoms with van der Waals surface area (Å²) in [5, 5.41) is 3.83. The number of ether oxygens (including phenoxy) is 2. The summed E-state index contributed by atoms with van der Waals surface area (Å²) in [4.78, 5) is 29.2. The molecule has 7 nitrogen and oxygen atoms in total.